The monoisotopic (exact) mass is 556 g/mol. The molecule has 0 bridgehead atoms. The number of anilines is 2. The van der Waals surface area contributed by atoms with Gasteiger partial charge in [-0.3, -0.25) is 24.8 Å². The van der Waals surface area contributed by atoms with E-state index in [0.717, 1.165) is 76.2 Å². The number of aromatic nitrogens is 4. The number of aliphatic imine (C=N–C) groups is 1. The van der Waals surface area contributed by atoms with Gasteiger partial charge in [-0.2, -0.15) is 0 Å². The van der Waals surface area contributed by atoms with E-state index >= 15 is 0 Å². The highest BCUT2D eigenvalue weighted by atomic mass is 32.1. The summed E-state index contributed by atoms with van der Waals surface area (Å²) < 4.78 is 0. The minimum absolute atomic E-state index is 0.808. The van der Waals surface area contributed by atoms with Crippen molar-refractivity contribution in [2.24, 2.45) is 4.99 Å². The number of fused-ring (bicyclic) bond motifs is 3. The fourth-order valence-electron chi connectivity index (χ4n) is 6.12. The number of hydrogen-bond acceptors (Lipinski definition) is 7. The number of benzene rings is 5. The van der Waals surface area contributed by atoms with Gasteiger partial charge in [0.25, 0.3) is 0 Å². The van der Waals surface area contributed by atoms with Crippen molar-refractivity contribution in [3.63, 3.8) is 0 Å². The van der Waals surface area contributed by atoms with Crippen LogP contribution in [0, 0.1) is 0 Å². The Labute approximate surface area is 244 Å². The highest BCUT2D eigenvalue weighted by molar-refractivity contribution is 7.22. The Balaban J connectivity index is 1.37. The minimum atomic E-state index is 0.808. The number of rotatable bonds is 3. The molecule has 0 saturated heterocycles. The van der Waals surface area contributed by atoms with E-state index in [-0.39, 0.29) is 0 Å². The average molecular weight is 557 g/mol. The smallest absolute Gasteiger partial charge is 0.109 e. The van der Waals surface area contributed by atoms with Gasteiger partial charge < -0.3 is 0 Å². The molecule has 1 aliphatic heterocycles. The van der Waals surface area contributed by atoms with Gasteiger partial charge in [-0.15, -0.1) is 11.3 Å². The predicted octanol–water partition coefficient (Wildman–Crippen LogP) is 9.09. The van der Waals surface area contributed by atoms with Gasteiger partial charge in [0.1, 0.15) is 22.4 Å². The van der Waals surface area contributed by atoms with E-state index in [1.807, 2.05) is 24.5 Å². The zero-order chi connectivity index (χ0) is 27.6. The molecule has 0 fully saturated rings. The van der Waals surface area contributed by atoms with Crippen molar-refractivity contribution in [3.05, 3.63) is 116 Å². The van der Waals surface area contributed by atoms with Crippen molar-refractivity contribution in [1.29, 1.82) is 0 Å². The van der Waals surface area contributed by atoms with Gasteiger partial charge in [0.2, 0.25) is 0 Å². The summed E-state index contributed by atoms with van der Waals surface area (Å²) in [5.41, 5.74) is 8.26. The molecule has 42 heavy (non-hydrogen) atoms. The second kappa shape index (κ2) is 8.99. The molecular formula is C35H20N6S. The average Bonchev–Trinajstić information content (AvgIpc) is 3.43. The highest BCUT2D eigenvalue weighted by Crippen LogP contribution is 2.51. The summed E-state index contributed by atoms with van der Waals surface area (Å²) in [5.74, 6) is 0. The maximum absolute atomic E-state index is 4.92. The topological polar surface area (TPSA) is 67.2 Å². The molecule has 9 rings (SSSR count). The molecule has 196 valence electrons. The lowest BCUT2D eigenvalue weighted by molar-refractivity contribution is 1.27. The van der Waals surface area contributed by atoms with Crippen LogP contribution in [0.3, 0.4) is 0 Å². The lowest BCUT2D eigenvalue weighted by Gasteiger charge is -2.24. The van der Waals surface area contributed by atoms with E-state index in [0.29, 0.717) is 0 Å². The first kappa shape index (κ1) is 23.2. The zero-order valence-electron chi connectivity index (χ0n) is 22.1. The highest BCUT2D eigenvalue weighted by Gasteiger charge is 2.26. The van der Waals surface area contributed by atoms with E-state index in [1.165, 1.54) is 5.39 Å². The first-order chi connectivity index (χ1) is 20.9. The van der Waals surface area contributed by atoms with Crippen molar-refractivity contribution in [2.45, 2.75) is 0 Å². The number of nitrogens with zero attached hydrogens (tertiary/aromatic N) is 6. The van der Waals surface area contributed by atoms with Gasteiger partial charge in [-0.05, 0) is 23.1 Å². The van der Waals surface area contributed by atoms with E-state index < -0.39 is 0 Å². The van der Waals surface area contributed by atoms with Crippen LogP contribution in [0.4, 0.5) is 16.4 Å². The normalized spacial score (nSPS) is 12.6. The van der Waals surface area contributed by atoms with Crippen molar-refractivity contribution < 1.29 is 0 Å². The van der Waals surface area contributed by atoms with Gasteiger partial charge in [-0.1, -0.05) is 78.9 Å². The van der Waals surface area contributed by atoms with Gasteiger partial charge in [-0.25, -0.2) is 4.99 Å². The van der Waals surface area contributed by atoms with Crippen LogP contribution in [-0.2, 0) is 0 Å². The molecule has 4 heterocycles. The van der Waals surface area contributed by atoms with Crippen LogP contribution >= 0.6 is 11.3 Å². The zero-order valence-corrected chi connectivity index (χ0v) is 23.0. The fourth-order valence-corrected chi connectivity index (χ4v) is 7.43. The second-order valence-electron chi connectivity index (χ2n) is 10.2. The molecule has 8 aromatic rings. The number of thiophene rings is 1. The Morgan fingerprint density at radius 1 is 0.548 bits per heavy atom. The third-order valence-electron chi connectivity index (χ3n) is 7.89. The number of hydrogen-bond donors (Lipinski definition) is 0. The van der Waals surface area contributed by atoms with Crippen LogP contribution in [0.2, 0.25) is 0 Å². The molecule has 0 amide bonds. The van der Waals surface area contributed by atoms with Crippen LogP contribution in [0.5, 0.6) is 0 Å². The molecule has 7 heteroatoms. The first-order valence-corrected chi connectivity index (χ1v) is 14.5. The lowest BCUT2D eigenvalue weighted by Crippen LogP contribution is -2.15. The molecule has 0 N–H and O–H groups in total. The fraction of sp³-hybridized carbons (Fsp3) is 0. The van der Waals surface area contributed by atoms with Gasteiger partial charge >= 0.3 is 0 Å². The Kier molecular flexibility index (Phi) is 4.97. The molecule has 0 radical (unpaired) electrons. The summed E-state index contributed by atoms with van der Waals surface area (Å²) in [6, 6.07) is 31.5. The minimum Gasteiger partial charge on any atom is -0.291 e. The Morgan fingerprint density at radius 2 is 1.17 bits per heavy atom. The molecule has 6 nitrogen and oxygen atoms in total. The maximum atomic E-state index is 4.92. The molecule has 0 atom stereocenters. The maximum Gasteiger partial charge on any atom is 0.109 e. The molecular weight excluding hydrogens is 536 g/mol. The van der Waals surface area contributed by atoms with Gasteiger partial charge in [0, 0.05) is 57.0 Å². The van der Waals surface area contributed by atoms with E-state index in [1.54, 1.807) is 36.1 Å². The molecule has 0 spiro atoms. The molecule has 0 aliphatic carbocycles. The predicted molar refractivity (Wildman–Crippen MR) is 173 cm³/mol. The SMILES string of the molecule is C1=Nc2cccc3cccc(c23)N1c1sc(-c2c3nccnc3c(-c3ccccc3)c3nccnc23)c2ccccc12. The van der Waals surface area contributed by atoms with Crippen LogP contribution < -0.4 is 4.90 Å². The Hall–Kier alpha value is -5.53. The summed E-state index contributed by atoms with van der Waals surface area (Å²) in [7, 11) is 0. The summed E-state index contributed by atoms with van der Waals surface area (Å²) in [6.07, 6.45) is 8.96. The van der Waals surface area contributed by atoms with E-state index in [4.69, 9.17) is 24.9 Å². The van der Waals surface area contributed by atoms with Crippen LogP contribution in [-0.4, -0.2) is 26.3 Å². The van der Waals surface area contributed by atoms with Crippen LogP contribution in [0.1, 0.15) is 0 Å². The van der Waals surface area contributed by atoms with Crippen molar-refractivity contribution in [2.75, 3.05) is 4.90 Å². The van der Waals surface area contributed by atoms with E-state index in [2.05, 4.69) is 77.7 Å². The van der Waals surface area contributed by atoms with Crippen molar-refractivity contribution in [1.82, 2.24) is 19.9 Å². The largest absolute Gasteiger partial charge is 0.291 e. The summed E-state index contributed by atoms with van der Waals surface area (Å²) >= 11 is 1.72. The summed E-state index contributed by atoms with van der Waals surface area (Å²) in [4.78, 5) is 27.7. The molecule has 0 saturated carbocycles. The van der Waals surface area contributed by atoms with Crippen molar-refractivity contribution in [3.8, 4) is 21.6 Å². The molecule has 3 aromatic heterocycles. The molecule has 5 aromatic carbocycles. The quantitative estimate of drug-likeness (QED) is 0.203. The second-order valence-corrected chi connectivity index (χ2v) is 11.2. The Morgan fingerprint density at radius 3 is 1.88 bits per heavy atom. The molecule has 1 aliphatic rings. The standard InChI is InChI=1S/C35H20N6S/c1-2-8-22(9-3-1)28-30-32(38-18-16-36-30)29(33-31(28)37-17-19-39-33)34-23-12-4-5-13-24(23)35(42-34)41-20-40-25-14-6-10-21-11-7-15-26(41)27(21)25/h1-20H. The summed E-state index contributed by atoms with van der Waals surface area (Å²) in [6.45, 7) is 0. The Bertz CT molecular complexity index is 2320. The molecule has 0 unspecified atom stereocenters. The third kappa shape index (κ3) is 3.28. The van der Waals surface area contributed by atoms with E-state index in [9.17, 15) is 0 Å². The van der Waals surface area contributed by atoms with Crippen LogP contribution in [0.15, 0.2) is 121 Å². The summed E-state index contributed by atoms with van der Waals surface area (Å²) in [5, 5.41) is 5.69. The van der Waals surface area contributed by atoms with Crippen LogP contribution in [0.25, 0.3) is 65.2 Å². The van der Waals surface area contributed by atoms with Gasteiger partial charge in [0.05, 0.1) is 22.4 Å². The van der Waals surface area contributed by atoms with Gasteiger partial charge in [0.15, 0.2) is 0 Å². The third-order valence-corrected chi connectivity index (χ3v) is 9.12. The van der Waals surface area contributed by atoms with Crippen molar-refractivity contribution >= 4 is 77.7 Å². The first-order valence-electron chi connectivity index (χ1n) is 13.7. The lowest BCUT2D eigenvalue weighted by atomic mass is 9.96.